The largest absolute Gasteiger partial charge is 0.396 e. The minimum Gasteiger partial charge on any atom is -0.396 e. The molecule has 2 saturated heterocycles. The summed E-state index contributed by atoms with van der Waals surface area (Å²) in [6, 6.07) is 1.71. The van der Waals surface area contributed by atoms with Crippen LogP contribution >= 0.6 is 0 Å². The lowest BCUT2D eigenvalue weighted by molar-refractivity contribution is -0.122. The maximum atomic E-state index is 11.8. The molecule has 0 spiro atoms. The SMILES string of the molecule is CN1C2CCCC1CC(NC(=O)CCCCO)C2. The smallest absolute Gasteiger partial charge is 0.220 e. The maximum absolute atomic E-state index is 11.8. The number of aliphatic hydroxyl groups excluding tert-OH is 1. The van der Waals surface area contributed by atoms with E-state index >= 15 is 0 Å². The van der Waals surface area contributed by atoms with Gasteiger partial charge in [-0.3, -0.25) is 4.79 Å². The Hall–Kier alpha value is -0.610. The zero-order chi connectivity index (χ0) is 13.0. The van der Waals surface area contributed by atoms with Crippen LogP contribution in [0.1, 0.15) is 51.4 Å². The molecular formula is C14H26N2O2. The second-order valence-corrected chi connectivity index (χ2v) is 5.82. The highest BCUT2D eigenvalue weighted by atomic mass is 16.3. The standard InChI is InChI=1S/C14H26N2O2/c1-16-12-5-4-6-13(16)10-11(9-12)15-14(18)7-2-3-8-17/h11-13,17H,2-10H2,1H3,(H,15,18). The predicted octanol–water partition coefficient (Wildman–Crippen LogP) is 1.28. The number of rotatable bonds is 5. The summed E-state index contributed by atoms with van der Waals surface area (Å²) >= 11 is 0. The quantitative estimate of drug-likeness (QED) is 0.727. The van der Waals surface area contributed by atoms with Gasteiger partial charge in [-0.2, -0.15) is 0 Å². The number of amides is 1. The molecule has 2 heterocycles. The Morgan fingerprint density at radius 3 is 2.56 bits per heavy atom. The lowest BCUT2D eigenvalue weighted by Crippen LogP contribution is -2.55. The van der Waals surface area contributed by atoms with Crippen LogP contribution in [0.3, 0.4) is 0 Å². The molecule has 2 bridgehead atoms. The fraction of sp³-hybridized carbons (Fsp3) is 0.929. The Morgan fingerprint density at radius 1 is 1.28 bits per heavy atom. The minimum absolute atomic E-state index is 0.163. The molecule has 0 aliphatic carbocycles. The molecule has 18 heavy (non-hydrogen) atoms. The van der Waals surface area contributed by atoms with Gasteiger partial charge in [-0.05, 0) is 45.6 Å². The van der Waals surface area contributed by atoms with Crippen LogP contribution in [0.25, 0.3) is 0 Å². The van der Waals surface area contributed by atoms with Crippen molar-refractivity contribution in [3.05, 3.63) is 0 Å². The highest BCUT2D eigenvalue weighted by molar-refractivity contribution is 5.76. The fourth-order valence-corrected chi connectivity index (χ4v) is 3.43. The van der Waals surface area contributed by atoms with Gasteiger partial charge in [0.2, 0.25) is 5.91 Å². The van der Waals surface area contributed by atoms with Gasteiger partial charge >= 0.3 is 0 Å². The molecule has 1 amide bonds. The zero-order valence-corrected chi connectivity index (χ0v) is 11.4. The number of piperidine rings is 2. The number of carbonyl (C=O) groups excluding carboxylic acids is 1. The summed E-state index contributed by atoms with van der Waals surface area (Å²) in [6.07, 6.45) is 8.21. The monoisotopic (exact) mass is 254 g/mol. The number of aliphatic hydroxyl groups is 1. The Balaban J connectivity index is 1.75. The second-order valence-electron chi connectivity index (χ2n) is 5.82. The van der Waals surface area contributed by atoms with Crippen molar-refractivity contribution < 1.29 is 9.90 Å². The van der Waals surface area contributed by atoms with E-state index in [1.54, 1.807) is 0 Å². The lowest BCUT2D eigenvalue weighted by atomic mass is 9.82. The molecule has 0 radical (unpaired) electrons. The topological polar surface area (TPSA) is 52.6 Å². The molecule has 2 unspecified atom stereocenters. The summed E-state index contributed by atoms with van der Waals surface area (Å²) in [7, 11) is 2.23. The molecule has 0 aromatic carbocycles. The molecule has 2 fully saturated rings. The third-order valence-corrected chi connectivity index (χ3v) is 4.52. The number of hydrogen-bond donors (Lipinski definition) is 2. The Bertz CT molecular complexity index is 269. The van der Waals surface area contributed by atoms with Crippen LogP contribution in [0, 0.1) is 0 Å². The summed E-state index contributed by atoms with van der Waals surface area (Å²) in [4.78, 5) is 14.3. The van der Waals surface area contributed by atoms with Crippen LogP contribution in [0.5, 0.6) is 0 Å². The van der Waals surface area contributed by atoms with Crippen molar-refractivity contribution in [3.8, 4) is 0 Å². The molecule has 0 aromatic heterocycles. The van der Waals surface area contributed by atoms with Crippen LogP contribution in [0.2, 0.25) is 0 Å². The molecule has 0 saturated carbocycles. The average Bonchev–Trinajstić information content (AvgIpc) is 2.31. The summed E-state index contributed by atoms with van der Waals surface area (Å²) in [6.45, 7) is 0.186. The molecule has 2 aliphatic rings. The van der Waals surface area contributed by atoms with E-state index in [4.69, 9.17) is 5.11 Å². The van der Waals surface area contributed by atoms with Crippen LogP contribution < -0.4 is 5.32 Å². The number of nitrogens with zero attached hydrogens (tertiary/aromatic N) is 1. The van der Waals surface area contributed by atoms with E-state index in [-0.39, 0.29) is 12.5 Å². The van der Waals surface area contributed by atoms with Gasteiger partial charge < -0.3 is 15.3 Å². The van der Waals surface area contributed by atoms with Gasteiger partial charge in [0.05, 0.1) is 0 Å². The first-order chi connectivity index (χ1) is 8.70. The number of carbonyl (C=O) groups is 1. The van der Waals surface area contributed by atoms with Crippen molar-refractivity contribution in [1.82, 2.24) is 10.2 Å². The van der Waals surface area contributed by atoms with Crippen LogP contribution in [0.15, 0.2) is 0 Å². The first kappa shape index (κ1) is 13.8. The number of nitrogens with one attached hydrogen (secondary N) is 1. The van der Waals surface area contributed by atoms with Crippen molar-refractivity contribution in [3.63, 3.8) is 0 Å². The van der Waals surface area contributed by atoms with Crippen LogP contribution in [-0.2, 0) is 4.79 Å². The first-order valence-corrected chi connectivity index (χ1v) is 7.33. The van der Waals surface area contributed by atoms with E-state index in [0.717, 1.165) is 25.7 Å². The van der Waals surface area contributed by atoms with E-state index < -0.39 is 0 Å². The highest BCUT2D eigenvalue weighted by Crippen LogP contribution is 2.32. The molecule has 2 N–H and O–H groups in total. The molecule has 2 rings (SSSR count). The number of fused-ring (bicyclic) bond motifs is 2. The van der Waals surface area contributed by atoms with Crippen molar-refractivity contribution in [2.24, 2.45) is 0 Å². The first-order valence-electron chi connectivity index (χ1n) is 7.33. The average molecular weight is 254 g/mol. The van der Waals surface area contributed by atoms with Crippen molar-refractivity contribution in [2.75, 3.05) is 13.7 Å². The van der Waals surface area contributed by atoms with Crippen LogP contribution in [-0.4, -0.2) is 47.7 Å². The van der Waals surface area contributed by atoms with Gasteiger partial charge in [0, 0.05) is 31.2 Å². The third-order valence-electron chi connectivity index (χ3n) is 4.52. The Morgan fingerprint density at radius 2 is 1.94 bits per heavy atom. The minimum atomic E-state index is 0.163. The molecule has 104 valence electrons. The number of unbranched alkanes of at least 4 members (excludes halogenated alkanes) is 1. The van der Waals surface area contributed by atoms with E-state index in [1.165, 1.54) is 19.3 Å². The Labute approximate surface area is 110 Å². The van der Waals surface area contributed by atoms with Gasteiger partial charge in [0.25, 0.3) is 0 Å². The maximum Gasteiger partial charge on any atom is 0.220 e. The summed E-state index contributed by atoms with van der Waals surface area (Å²) in [5.41, 5.74) is 0. The van der Waals surface area contributed by atoms with E-state index in [1.807, 2.05) is 0 Å². The van der Waals surface area contributed by atoms with Crippen molar-refractivity contribution >= 4 is 5.91 Å². The number of hydrogen-bond acceptors (Lipinski definition) is 3. The molecule has 2 aliphatic heterocycles. The van der Waals surface area contributed by atoms with E-state index in [9.17, 15) is 4.79 Å². The molecule has 2 atom stereocenters. The fourth-order valence-electron chi connectivity index (χ4n) is 3.43. The van der Waals surface area contributed by atoms with E-state index in [2.05, 4.69) is 17.3 Å². The molecule has 4 nitrogen and oxygen atoms in total. The second kappa shape index (κ2) is 6.53. The van der Waals surface area contributed by atoms with Crippen molar-refractivity contribution in [2.45, 2.75) is 69.5 Å². The van der Waals surface area contributed by atoms with Crippen molar-refractivity contribution in [1.29, 1.82) is 0 Å². The summed E-state index contributed by atoms with van der Waals surface area (Å²) in [5, 5.41) is 11.9. The summed E-state index contributed by atoms with van der Waals surface area (Å²) < 4.78 is 0. The molecule has 4 heteroatoms. The normalized spacial score (nSPS) is 32.2. The van der Waals surface area contributed by atoms with Gasteiger partial charge in [-0.25, -0.2) is 0 Å². The lowest BCUT2D eigenvalue weighted by Gasteiger charge is -2.47. The van der Waals surface area contributed by atoms with Crippen LogP contribution in [0.4, 0.5) is 0 Å². The van der Waals surface area contributed by atoms with E-state index in [0.29, 0.717) is 24.5 Å². The van der Waals surface area contributed by atoms with Gasteiger partial charge in [-0.1, -0.05) is 6.42 Å². The van der Waals surface area contributed by atoms with Gasteiger partial charge in [-0.15, -0.1) is 0 Å². The highest BCUT2D eigenvalue weighted by Gasteiger charge is 2.36. The van der Waals surface area contributed by atoms with Gasteiger partial charge in [0.15, 0.2) is 0 Å². The summed E-state index contributed by atoms with van der Waals surface area (Å²) in [5.74, 6) is 0.163. The zero-order valence-electron chi connectivity index (χ0n) is 11.4. The Kier molecular flexibility index (Phi) is 5.01. The molecule has 0 aromatic rings. The third kappa shape index (κ3) is 3.45. The molecular weight excluding hydrogens is 228 g/mol. The van der Waals surface area contributed by atoms with Gasteiger partial charge in [0.1, 0.15) is 0 Å². The predicted molar refractivity (Wildman–Crippen MR) is 71.3 cm³/mol.